The quantitative estimate of drug-likeness (QED) is 0.716. The van der Waals surface area contributed by atoms with Gasteiger partial charge < -0.3 is 5.32 Å². The molecule has 2 heteroatoms. The number of likely N-dealkylation sites (tertiary alicyclic amines) is 1. The molecule has 1 N–H and O–H groups in total. The number of hydrogen-bond donors (Lipinski definition) is 1. The summed E-state index contributed by atoms with van der Waals surface area (Å²) in [5, 5.41) is 3.62. The maximum absolute atomic E-state index is 3.62. The fraction of sp³-hybridized carbons (Fsp3) is 1.00. The molecule has 1 heterocycles. The first-order chi connectivity index (χ1) is 8.16. The van der Waals surface area contributed by atoms with Gasteiger partial charge in [0.05, 0.1) is 0 Å². The molecule has 0 bridgehead atoms. The summed E-state index contributed by atoms with van der Waals surface area (Å²) >= 11 is 0. The van der Waals surface area contributed by atoms with Gasteiger partial charge in [-0.15, -0.1) is 0 Å². The molecule has 0 amide bonds. The first kappa shape index (κ1) is 13.4. The van der Waals surface area contributed by atoms with Crippen LogP contribution in [0.5, 0.6) is 0 Å². The minimum absolute atomic E-state index is 0.772. The summed E-state index contributed by atoms with van der Waals surface area (Å²) in [5.74, 6) is 0.901. The molecule has 0 spiro atoms. The maximum atomic E-state index is 3.62. The Bertz CT molecular complexity index is 225. The summed E-state index contributed by atoms with van der Waals surface area (Å²) in [5.41, 5.74) is 0. The monoisotopic (exact) mass is 238 g/mol. The van der Waals surface area contributed by atoms with Crippen molar-refractivity contribution in [3.8, 4) is 0 Å². The molecule has 2 aliphatic rings. The maximum Gasteiger partial charge on any atom is 0.00703 e. The highest BCUT2D eigenvalue weighted by Crippen LogP contribution is 2.25. The van der Waals surface area contributed by atoms with Crippen molar-refractivity contribution in [3.63, 3.8) is 0 Å². The van der Waals surface area contributed by atoms with Crippen LogP contribution >= 0.6 is 0 Å². The standard InChI is InChI=1S/C15H30N2/c1-12-6-7-14(3)17(11-12)13(2)5-4-10-16-15-8-9-15/h12-16H,4-11H2,1-3H3. The van der Waals surface area contributed by atoms with Crippen LogP contribution in [0.3, 0.4) is 0 Å². The van der Waals surface area contributed by atoms with Gasteiger partial charge in [0.2, 0.25) is 0 Å². The van der Waals surface area contributed by atoms with Crippen molar-refractivity contribution in [1.29, 1.82) is 0 Å². The summed E-state index contributed by atoms with van der Waals surface area (Å²) in [7, 11) is 0. The minimum Gasteiger partial charge on any atom is -0.314 e. The van der Waals surface area contributed by atoms with Gasteiger partial charge in [-0.1, -0.05) is 6.92 Å². The lowest BCUT2D eigenvalue weighted by Crippen LogP contribution is -2.46. The highest BCUT2D eigenvalue weighted by atomic mass is 15.2. The van der Waals surface area contributed by atoms with Crippen molar-refractivity contribution in [2.75, 3.05) is 13.1 Å². The van der Waals surface area contributed by atoms with Crippen LogP contribution in [0.15, 0.2) is 0 Å². The van der Waals surface area contributed by atoms with Gasteiger partial charge in [-0.3, -0.25) is 4.90 Å². The van der Waals surface area contributed by atoms with E-state index >= 15 is 0 Å². The molecule has 17 heavy (non-hydrogen) atoms. The molecule has 1 saturated heterocycles. The summed E-state index contributed by atoms with van der Waals surface area (Å²) in [6.45, 7) is 9.78. The van der Waals surface area contributed by atoms with Crippen LogP contribution in [0.2, 0.25) is 0 Å². The van der Waals surface area contributed by atoms with Gasteiger partial charge in [0, 0.05) is 24.7 Å². The minimum atomic E-state index is 0.772. The Morgan fingerprint density at radius 1 is 1.18 bits per heavy atom. The number of nitrogens with one attached hydrogen (secondary N) is 1. The molecule has 2 rings (SSSR count). The molecule has 0 aromatic carbocycles. The van der Waals surface area contributed by atoms with E-state index in [0.717, 1.165) is 24.0 Å². The molecule has 2 fully saturated rings. The van der Waals surface area contributed by atoms with Crippen molar-refractivity contribution < 1.29 is 0 Å². The largest absolute Gasteiger partial charge is 0.314 e. The lowest BCUT2D eigenvalue weighted by atomic mass is 9.93. The van der Waals surface area contributed by atoms with Crippen LogP contribution in [0.25, 0.3) is 0 Å². The Morgan fingerprint density at radius 2 is 1.94 bits per heavy atom. The molecule has 0 radical (unpaired) electrons. The third kappa shape index (κ3) is 4.26. The molecule has 1 saturated carbocycles. The van der Waals surface area contributed by atoms with E-state index in [9.17, 15) is 0 Å². The van der Waals surface area contributed by atoms with Gasteiger partial charge in [0.15, 0.2) is 0 Å². The Labute approximate surface area is 107 Å². The molecule has 3 unspecified atom stereocenters. The summed E-state index contributed by atoms with van der Waals surface area (Å²) in [6, 6.07) is 2.45. The van der Waals surface area contributed by atoms with E-state index in [1.54, 1.807) is 0 Å². The van der Waals surface area contributed by atoms with Gasteiger partial charge >= 0.3 is 0 Å². The number of piperidine rings is 1. The second-order valence-corrected chi connectivity index (χ2v) is 6.45. The average molecular weight is 238 g/mol. The molecule has 1 aliphatic carbocycles. The first-order valence-corrected chi connectivity index (χ1v) is 7.66. The van der Waals surface area contributed by atoms with Crippen LogP contribution in [-0.2, 0) is 0 Å². The summed E-state index contributed by atoms with van der Waals surface area (Å²) < 4.78 is 0. The van der Waals surface area contributed by atoms with Gasteiger partial charge in [-0.25, -0.2) is 0 Å². The molecule has 100 valence electrons. The molecule has 3 atom stereocenters. The first-order valence-electron chi connectivity index (χ1n) is 7.66. The Morgan fingerprint density at radius 3 is 2.65 bits per heavy atom. The highest BCUT2D eigenvalue weighted by molar-refractivity contribution is 4.82. The number of rotatable bonds is 6. The normalized spacial score (nSPS) is 32.6. The molecular formula is C15H30N2. The Hall–Kier alpha value is -0.0800. The smallest absolute Gasteiger partial charge is 0.00703 e. The van der Waals surface area contributed by atoms with Crippen LogP contribution in [0, 0.1) is 5.92 Å². The number of nitrogens with zero attached hydrogens (tertiary/aromatic N) is 1. The van der Waals surface area contributed by atoms with E-state index in [2.05, 4.69) is 31.0 Å². The van der Waals surface area contributed by atoms with E-state index in [0.29, 0.717) is 0 Å². The molecule has 0 aromatic rings. The van der Waals surface area contributed by atoms with Crippen molar-refractivity contribution in [1.82, 2.24) is 10.2 Å². The molecule has 2 nitrogen and oxygen atoms in total. The SMILES string of the molecule is CC1CCC(C)N(C(C)CCCNC2CC2)C1. The van der Waals surface area contributed by atoms with Gasteiger partial charge in [-0.05, 0) is 64.8 Å². The second-order valence-electron chi connectivity index (χ2n) is 6.45. The van der Waals surface area contributed by atoms with E-state index in [1.807, 2.05) is 0 Å². The van der Waals surface area contributed by atoms with Crippen molar-refractivity contribution >= 4 is 0 Å². The fourth-order valence-corrected chi connectivity index (χ4v) is 3.09. The fourth-order valence-electron chi connectivity index (χ4n) is 3.09. The van der Waals surface area contributed by atoms with E-state index in [-0.39, 0.29) is 0 Å². The lowest BCUT2D eigenvalue weighted by molar-refractivity contribution is 0.0796. The highest BCUT2D eigenvalue weighted by Gasteiger charge is 2.26. The zero-order valence-electron chi connectivity index (χ0n) is 11.9. The molecule has 0 aromatic heterocycles. The zero-order valence-corrected chi connectivity index (χ0v) is 11.9. The van der Waals surface area contributed by atoms with Crippen LogP contribution in [0.1, 0.15) is 59.3 Å². The van der Waals surface area contributed by atoms with Gasteiger partial charge in [0.25, 0.3) is 0 Å². The third-order valence-corrected chi connectivity index (χ3v) is 4.54. The van der Waals surface area contributed by atoms with Crippen molar-refractivity contribution in [2.45, 2.75) is 77.4 Å². The molecular weight excluding hydrogens is 208 g/mol. The van der Waals surface area contributed by atoms with Gasteiger partial charge in [0.1, 0.15) is 0 Å². The predicted molar refractivity (Wildman–Crippen MR) is 74.3 cm³/mol. The number of hydrogen-bond acceptors (Lipinski definition) is 2. The van der Waals surface area contributed by atoms with E-state index < -0.39 is 0 Å². The predicted octanol–water partition coefficient (Wildman–Crippen LogP) is 3.03. The van der Waals surface area contributed by atoms with Crippen LogP contribution in [0.4, 0.5) is 0 Å². The van der Waals surface area contributed by atoms with Crippen molar-refractivity contribution in [3.05, 3.63) is 0 Å². The Balaban J connectivity index is 1.64. The zero-order chi connectivity index (χ0) is 12.3. The van der Waals surface area contributed by atoms with Gasteiger partial charge in [-0.2, -0.15) is 0 Å². The second kappa shape index (κ2) is 6.19. The lowest BCUT2D eigenvalue weighted by Gasteiger charge is -2.41. The Kier molecular flexibility index (Phi) is 4.87. The van der Waals surface area contributed by atoms with E-state index in [1.165, 1.54) is 51.6 Å². The average Bonchev–Trinajstić information content (AvgIpc) is 3.11. The topological polar surface area (TPSA) is 15.3 Å². The molecule has 1 aliphatic heterocycles. The van der Waals surface area contributed by atoms with Crippen LogP contribution in [-0.4, -0.2) is 36.1 Å². The summed E-state index contributed by atoms with van der Waals surface area (Å²) in [6.07, 6.45) is 8.35. The third-order valence-electron chi connectivity index (χ3n) is 4.54. The van der Waals surface area contributed by atoms with Crippen molar-refractivity contribution in [2.24, 2.45) is 5.92 Å². The van der Waals surface area contributed by atoms with Crippen LogP contribution < -0.4 is 5.32 Å². The summed E-state index contributed by atoms with van der Waals surface area (Å²) in [4.78, 5) is 2.74. The van der Waals surface area contributed by atoms with E-state index in [4.69, 9.17) is 0 Å².